The molecule has 2 N–H and O–H groups in total. The number of pyridine rings is 1. The molecule has 9 nitrogen and oxygen atoms in total. The molecule has 2 fully saturated rings. The zero-order valence-electron chi connectivity index (χ0n) is 21.5. The van der Waals surface area contributed by atoms with Crippen LogP contribution in [0.1, 0.15) is 39.2 Å². The first-order valence-corrected chi connectivity index (χ1v) is 13.1. The molecule has 3 aromatic heterocycles. The van der Waals surface area contributed by atoms with Crippen molar-refractivity contribution in [2.24, 2.45) is 0 Å². The van der Waals surface area contributed by atoms with Gasteiger partial charge in [0.1, 0.15) is 5.60 Å². The van der Waals surface area contributed by atoms with Crippen LogP contribution in [-0.4, -0.2) is 77.4 Å². The summed E-state index contributed by atoms with van der Waals surface area (Å²) in [6.07, 6.45) is 7.94. The van der Waals surface area contributed by atoms with Gasteiger partial charge in [0, 0.05) is 75.1 Å². The summed E-state index contributed by atoms with van der Waals surface area (Å²) in [5.41, 5.74) is 4.94. The number of carbonyl (C=O) groups is 1. The fourth-order valence-electron chi connectivity index (χ4n) is 5.34. The lowest BCUT2D eigenvalue weighted by Gasteiger charge is -2.37. The fourth-order valence-corrected chi connectivity index (χ4v) is 5.34. The van der Waals surface area contributed by atoms with Crippen LogP contribution in [0.25, 0.3) is 16.8 Å². The highest BCUT2D eigenvalue weighted by Crippen LogP contribution is 2.34. The molecule has 192 valence electrons. The summed E-state index contributed by atoms with van der Waals surface area (Å²) in [5, 5.41) is 11.0. The Balaban J connectivity index is 1.34. The Kier molecular flexibility index (Phi) is 7.11. The number of carbonyl (C=O) groups excluding carboxylic acids is 1. The van der Waals surface area contributed by atoms with Gasteiger partial charge in [-0.2, -0.15) is 5.10 Å². The third-order valence-corrected chi connectivity index (χ3v) is 7.16. The van der Waals surface area contributed by atoms with E-state index in [9.17, 15) is 4.79 Å². The number of hydrogen-bond donors (Lipinski definition) is 2. The molecule has 9 heteroatoms. The Hall–Kier alpha value is -3.17. The second kappa shape index (κ2) is 10.4. The molecular formula is C27H37N7O2. The third kappa shape index (κ3) is 4.90. The molecule has 0 radical (unpaired) electrons. The topological polar surface area (TPSA) is 87.0 Å². The van der Waals surface area contributed by atoms with Crippen molar-refractivity contribution in [3.63, 3.8) is 0 Å². The van der Waals surface area contributed by atoms with Crippen LogP contribution in [0.15, 0.2) is 42.9 Å². The van der Waals surface area contributed by atoms with Crippen LogP contribution in [0, 0.1) is 0 Å². The number of urea groups is 1. The molecular weight excluding hydrogens is 454 g/mol. The lowest BCUT2D eigenvalue weighted by molar-refractivity contribution is -0.0603. The smallest absolute Gasteiger partial charge is 0.317 e. The fraction of sp³-hybridized carbons (Fsp3) is 0.519. The Labute approximate surface area is 212 Å². The first-order chi connectivity index (χ1) is 17.5. The van der Waals surface area contributed by atoms with E-state index < -0.39 is 0 Å². The van der Waals surface area contributed by atoms with Crippen molar-refractivity contribution in [1.29, 1.82) is 0 Å². The van der Waals surface area contributed by atoms with Crippen molar-refractivity contribution >= 4 is 17.2 Å². The maximum atomic E-state index is 12.4. The molecule has 0 spiro atoms. The number of fused-ring (bicyclic) bond motifs is 1. The standard InChI is InChI=1S/C27H37N7O2/c1-4-36-27(9-5-10-28-19-27)22-6-7-23(29-17-22)21-16-25-24(8-11-30-34(25)18-21)32-12-14-33(15-13-32)26(35)31-20(2)3/h6-8,11,16-18,20,28H,4-5,9-10,12-15,19H2,1-3H3,(H,31,35)/t27-/m1/s1. The Morgan fingerprint density at radius 2 is 2.06 bits per heavy atom. The summed E-state index contributed by atoms with van der Waals surface area (Å²) in [6.45, 7) is 11.5. The van der Waals surface area contributed by atoms with Crippen LogP contribution in [0.4, 0.5) is 10.5 Å². The van der Waals surface area contributed by atoms with E-state index in [4.69, 9.17) is 9.72 Å². The molecule has 5 heterocycles. The minimum Gasteiger partial charge on any atom is -0.369 e. The molecule has 0 unspecified atom stereocenters. The third-order valence-electron chi connectivity index (χ3n) is 7.16. The normalized spacial score (nSPS) is 20.8. The molecule has 1 atom stereocenters. The molecule has 36 heavy (non-hydrogen) atoms. The molecule has 0 bridgehead atoms. The Morgan fingerprint density at radius 1 is 1.22 bits per heavy atom. The van der Waals surface area contributed by atoms with Crippen LogP contribution in [0.5, 0.6) is 0 Å². The van der Waals surface area contributed by atoms with Gasteiger partial charge >= 0.3 is 6.03 Å². The van der Waals surface area contributed by atoms with Crippen molar-refractivity contribution in [2.75, 3.05) is 50.8 Å². The summed E-state index contributed by atoms with van der Waals surface area (Å²) in [5.74, 6) is 0. The molecule has 0 saturated carbocycles. The van der Waals surface area contributed by atoms with Crippen molar-refractivity contribution in [1.82, 2.24) is 30.1 Å². The second-order valence-corrected chi connectivity index (χ2v) is 9.99. The van der Waals surface area contributed by atoms with Crippen molar-refractivity contribution in [2.45, 2.75) is 45.3 Å². The van der Waals surface area contributed by atoms with E-state index in [0.717, 1.165) is 67.0 Å². The number of nitrogens with one attached hydrogen (secondary N) is 2. The van der Waals surface area contributed by atoms with Gasteiger partial charge in [0.25, 0.3) is 0 Å². The molecule has 2 amide bonds. The second-order valence-electron chi connectivity index (χ2n) is 9.99. The van der Waals surface area contributed by atoms with E-state index in [1.54, 1.807) is 0 Å². The number of hydrogen-bond acceptors (Lipinski definition) is 6. The van der Waals surface area contributed by atoms with Crippen LogP contribution in [0.2, 0.25) is 0 Å². The average molecular weight is 492 g/mol. The molecule has 5 rings (SSSR count). The zero-order chi connectivity index (χ0) is 25.1. The van der Waals surface area contributed by atoms with Gasteiger partial charge in [-0.25, -0.2) is 9.31 Å². The summed E-state index contributed by atoms with van der Waals surface area (Å²) < 4.78 is 8.14. The maximum Gasteiger partial charge on any atom is 0.317 e. The first-order valence-electron chi connectivity index (χ1n) is 13.1. The van der Waals surface area contributed by atoms with Crippen molar-refractivity contribution in [3.05, 3.63) is 48.4 Å². The largest absolute Gasteiger partial charge is 0.369 e. The van der Waals surface area contributed by atoms with Gasteiger partial charge in [0.2, 0.25) is 0 Å². The quantitative estimate of drug-likeness (QED) is 0.551. The number of amides is 2. The number of rotatable bonds is 6. The number of piperazine rings is 1. The van der Waals surface area contributed by atoms with Gasteiger partial charge in [-0.15, -0.1) is 0 Å². The van der Waals surface area contributed by atoms with E-state index in [0.29, 0.717) is 19.7 Å². The summed E-state index contributed by atoms with van der Waals surface area (Å²) in [7, 11) is 0. The van der Waals surface area contributed by atoms with Gasteiger partial charge < -0.3 is 25.2 Å². The minimum absolute atomic E-state index is 0.0131. The minimum atomic E-state index is -0.299. The molecule has 2 aliphatic heterocycles. The first kappa shape index (κ1) is 24.5. The number of anilines is 1. The van der Waals surface area contributed by atoms with Gasteiger partial charge in [-0.3, -0.25) is 4.98 Å². The molecule has 3 aromatic rings. The van der Waals surface area contributed by atoms with Crippen LogP contribution < -0.4 is 15.5 Å². The molecule has 2 saturated heterocycles. The predicted octanol–water partition coefficient (Wildman–Crippen LogP) is 3.25. The van der Waals surface area contributed by atoms with E-state index in [1.165, 1.54) is 0 Å². The SMILES string of the molecule is CCO[C@]1(c2ccc(-c3cc4c(N5CCN(C(=O)NC(C)C)CC5)ccnn4c3)nc2)CCCNC1. The van der Waals surface area contributed by atoms with Crippen LogP contribution in [-0.2, 0) is 10.3 Å². The lowest BCUT2D eigenvalue weighted by atomic mass is 9.87. The van der Waals surface area contributed by atoms with Gasteiger partial charge in [0.05, 0.1) is 16.9 Å². The van der Waals surface area contributed by atoms with Crippen LogP contribution >= 0.6 is 0 Å². The highest BCUT2D eigenvalue weighted by molar-refractivity contribution is 5.79. The van der Waals surface area contributed by atoms with Crippen LogP contribution in [0.3, 0.4) is 0 Å². The highest BCUT2D eigenvalue weighted by atomic mass is 16.5. The van der Waals surface area contributed by atoms with Crippen molar-refractivity contribution < 1.29 is 9.53 Å². The van der Waals surface area contributed by atoms with Gasteiger partial charge in [-0.1, -0.05) is 6.07 Å². The number of nitrogens with zero attached hydrogens (tertiary/aromatic N) is 5. The molecule has 0 aliphatic carbocycles. The van der Waals surface area contributed by atoms with E-state index in [1.807, 2.05) is 41.9 Å². The predicted molar refractivity (Wildman–Crippen MR) is 141 cm³/mol. The zero-order valence-corrected chi connectivity index (χ0v) is 21.5. The van der Waals surface area contributed by atoms with E-state index in [-0.39, 0.29) is 17.7 Å². The van der Waals surface area contributed by atoms with E-state index in [2.05, 4.69) is 51.8 Å². The Morgan fingerprint density at radius 3 is 2.72 bits per heavy atom. The highest BCUT2D eigenvalue weighted by Gasteiger charge is 2.35. The molecule has 0 aromatic carbocycles. The summed E-state index contributed by atoms with van der Waals surface area (Å²) in [6, 6.07) is 8.61. The average Bonchev–Trinajstić information content (AvgIpc) is 3.34. The summed E-state index contributed by atoms with van der Waals surface area (Å²) >= 11 is 0. The van der Waals surface area contributed by atoms with Crippen molar-refractivity contribution in [3.8, 4) is 11.3 Å². The van der Waals surface area contributed by atoms with Gasteiger partial charge in [-0.05, 0) is 58.4 Å². The van der Waals surface area contributed by atoms with Gasteiger partial charge in [0.15, 0.2) is 0 Å². The number of ether oxygens (including phenoxy) is 1. The number of piperidine rings is 1. The Bertz CT molecular complexity index is 1170. The monoisotopic (exact) mass is 491 g/mol. The number of aromatic nitrogens is 3. The molecule has 2 aliphatic rings. The maximum absolute atomic E-state index is 12.4. The van der Waals surface area contributed by atoms with E-state index >= 15 is 0 Å². The lowest BCUT2D eigenvalue weighted by Crippen LogP contribution is -2.53. The summed E-state index contributed by atoms with van der Waals surface area (Å²) in [4.78, 5) is 21.4.